The summed E-state index contributed by atoms with van der Waals surface area (Å²) >= 11 is 4.52. The Morgan fingerprint density at radius 1 is 1.33 bits per heavy atom. The highest BCUT2D eigenvalue weighted by Crippen LogP contribution is 2.34. The Morgan fingerprint density at radius 3 is 2.72 bits per heavy atom. The maximum Gasteiger partial charge on any atom is 0.283 e. The van der Waals surface area contributed by atoms with Gasteiger partial charge in [0.25, 0.3) is 5.69 Å². The van der Waals surface area contributed by atoms with Crippen molar-refractivity contribution in [2.24, 2.45) is 0 Å². The van der Waals surface area contributed by atoms with Gasteiger partial charge in [-0.05, 0) is 28.9 Å². The molecule has 0 aliphatic heterocycles. The largest absolute Gasteiger partial charge is 0.283 e. The number of benzene rings is 1. The van der Waals surface area contributed by atoms with Crippen molar-refractivity contribution in [3.05, 3.63) is 50.9 Å². The molecule has 0 aliphatic carbocycles. The maximum absolute atomic E-state index is 10.9. The Hall–Kier alpha value is -1.47. The number of hydrogen-bond acceptors (Lipinski definition) is 5. The lowest BCUT2D eigenvalue weighted by atomic mass is 10.3. The first-order valence-corrected chi connectivity index (χ1v) is 6.59. The number of aromatic nitrogens is 2. The molecule has 0 saturated heterocycles. The van der Waals surface area contributed by atoms with Crippen molar-refractivity contribution in [2.75, 3.05) is 0 Å². The van der Waals surface area contributed by atoms with Crippen molar-refractivity contribution < 1.29 is 4.92 Å². The van der Waals surface area contributed by atoms with E-state index in [2.05, 4.69) is 25.9 Å². The quantitative estimate of drug-likeness (QED) is 0.490. The average molecular weight is 326 g/mol. The second kappa shape index (κ2) is 5.45. The van der Waals surface area contributed by atoms with Gasteiger partial charge in [0.05, 0.1) is 9.82 Å². The predicted octanol–water partition coefficient (Wildman–Crippen LogP) is 3.61. The summed E-state index contributed by atoms with van der Waals surface area (Å²) in [5.74, 6) is 0.616. The molecule has 0 fully saturated rings. The second-order valence-corrected chi connectivity index (χ2v) is 5.28. The van der Waals surface area contributed by atoms with E-state index in [-0.39, 0.29) is 5.69 Å². The fourth-order valence-corrected chi connectivity index (χ4v) is 2.96. The van der Waals surface area contributed by atoms with Crippen molar-refractivity contribution >= 4 is 33.4 Å². The third kappa shape index (κ3) is 3.05. The summed E-state index contributed by atoms with van der Waals surface area (Å²) < 4.78 is 0.663. The molecule has 7 heteroatoms. The molecule has 1 aromatic carbocycles. The third-order valence-electron chi connectivity index (χ3n) is 2.06. The normalized spacial score (nSPS) is 10.3. The monoisotopic (exact) mass is 325 g/mol. The molecule has 0 N–H and O–H groups in total. The van der Waals surface area contributed by atoms with Gasteiger partial charge in [0.2, 0.25) is 0 Å². The highest BCUT2D eigenvalue weighted by molar-refractivity contribution is 9.10. The van der Waals surface area contributed by atoms with Crippen LogP contribution in [0, 0.1) is 17.0 Å². The molecule has 0 aliphatic rings. The van der Waals surface area contributed by atoms with Crippen LogP contribution >= 0.6 is 27.7 Å². The predicted molar refractivity (Wildman–Crippen MR) is 71.7 cm³/mol. The van der Waals surface area contributed by atoms with Crippen molar-refractivity contribution in [1.82, 2.24) is 9.97 Å². The number of rotatable bonds is 3. The summed E-state index contributed by atoms with van der Waals surface area (Å²) in [6.45, 7) is 1.77. The van der Waals surface area contributed by atoms with Gasteiger partial charge in [0, 0.05) is 12.1 Å². The Bertz CT molecular complexity index is 586. The van der Waals surface area contributed by atoms with Crippen molar-refractivity contribution in [2.45, 2.75) is 16.8 Å². The van der Waals surface area contributed by atoms with Gasteiger partial charge in [-0.3, -0.25) is 10.1 Å². The van der Waals surface area contributed by atoms with Crippen LogP contribution in [0.5, 0.6) is 0 Å². The standard InChI is InChI=1S/C11H8BrN3O2S/c1-7-13-10(12)6-11(14-7)18-9-5-3-2-4-8(9)15(16)17/h2-6H,1H3. The second-order valence-electron chi connectivity index (χ2n) is 3.40. The molecule has 0 radical (unpaired) electrons. The lowest BCUT2D eigenvalue weighted by Crippen LogP contribution is -1.93. The van der Waals surface area contributed by atoms with Gasteiger partial charge in [-0.1, -0.05) is 23.9 Å². The summed E-state index contributed by atoms with van der Waals surface area (Å²) in [6.07, 6.45) is 0. The molecule has 0 saturated carbocycles. The average Bonchev–Trinajstić information content (AvgIpc) is 2.27. The van der Waals surface area contributed by atoms with Gasteiger partial charge < -0.3 is 0 Å². The van der Waals surface area contributed by atoms with E-state index in [1.165, 1.54) is 17.8 Å². The molecule has 18 heavy (non-hydrogen) atoms. The van der Waals surface area contributed by atoms with E-state index in [1.54, 1.807) is 31.2 Å². The molecule has 1 aromatic heterocycles. The van der Waals surface area contributed by atoms with E-state index in [0.717, 1.165) is 0 Å². The maximum atomic E-state index is 10.9. The Kier molecular flexibility index (Phi) is 3.93. The number of para-hydroxylation sites is 1. The van der Waals surface area contributed by atoms with Crippen molar-refractivity contribution in [3.63, 3.8) is 0 Å². The lowest BCUT2D eigenvalue weighted by Gasteiger charge is -2.03. The molecule has 5 nitrogen and oxygen atoms in total. The molecule has 0 spiro atoms. The number of nitrogens with zero attached hydrogens (tertiary/aromatic N) is 3. The van der Waals surface area contributed by atoms with E-state index < -0.39 is 4.92 Å². The zero-order valence-electron chi connectivity index (χ0n) is 9.33. The van der Waals surface area contributed by atoms with Crippen LogP contribution in [0.2, 0.25) is 0 Å². The van der Waals surface area contributed by atoms with Crippen LogP contribution in [-0.2, 0) is 0 Å². The zero-order chi connectivity index (χ0) is 13.1. The van der Waals surface area contributed by atoms with Crippen LogP contribution in [0.15, 0.2) is 44.9 Å². The van der Waals surface area contributed by atoms with Gasteiger partial charge in [-0.15, -0.1) is 0 Å². The van der Waals surface area contributed by atoms with E-state index in [0.29, 0.717) is 20.3 Å². The van der Waals surface area contributed by atoms with Crippen LogP contribution in [0.4, 0.5) is 5.69 Å². The molecule has 2 aromatic rings. The fraction of sp³-hybridized carbons (Fsp3) is 0.0909. The topological polar surface area (TPSA) is 68.9 Å². The van der Waals surface area contributed by atoms with Crippen LogP contribution < -0.4 is 0 Å². The molecule has 0 atom stereocenters. The van der Waals surface area contributed by atoms with Gasteiger partial charge in [0.1, 0.15) is 15.5 Å². The Balaban J connectivity index is 2.37. The number of hydrogen-bond donors (Lipinski definition) is 0. The minimum absolute atomic E-state index is 0.0786. The van der Waals surface area contributed by atoms with E-state index >= 15 is 0 Å². The number of nitro groups is 1. The van der Waals surface area contributed by atoms with Gasteiger partial charge >= 0.3 is 0 Å². The van der Waals surface area contributed by atoms with Crippen LogP contribution in [0.25, 0.3) is 0 Å². The molecular formula is C11H8BrN3O2S. The number of aryl methyl sites for hydroxylation is 1. The SMILES string of the molecule is Cc1nc(Br)cc(Sc2ccccc2[N+](=O)[O-])n1. The van der Waals surface area contributed by atoms with Gasteiger partial charge in [-0.2, -0.15) is 0 Å². The summed E-state index contributed by atoms with van der Waals surface area (Å²) in [6, 6.07) is 8.32. The van der Waals surface area contributed by atoms with Crippen LogP contribution in [-0.4, -0.2) is 14.9 Å². The lowest BCUT2D eigenvalue weighted by molar-refractivity contribution is -0.387. The molecule has 0 bridgehead atoms. The Morgan fingerprint density at radius 2 is 2.06 bits per heavy atom. The number of halogens is 1. The van der Waals surface area contributed by atoms with Crippen LogP contribution in [0.3, 0.4) is 0 Å². The molecular weight excluding hydrogens is 318 g/mol. The summed E-state index contributed by atoms with van der Waals surface area (Å²) in [5, 5.41) is 11.6. The minimum Gasteiger partial charge on any atom is -0.258 e. The van der Waals surface area contributed by atoms with E-state index in [4.69, 9.17) is 0 Å². The first-order chi connectivity index (χ1) is 8.56. The summed E-state index contributed by atoms with van der Waals surface area (Å²) in [4.78, 5) is 19.4. The summed E-state index contributed by atoms with van der Waals surface area (Å²) in [5.41, 5.74) is 0.0786. The van der Waals surface area contributed by atoms with Gasteiger partial charge in [0.15, 0.2) is 0 Å². The molecule has 92 valence electrons. The smallest absolute Gasteiger partial charge is 0.258 e. The van der Waals surface area contributed by atoms with E-state index in [9.17, 15) is 10.1 Å². The molecule has 2 rings (SSSR count). The molecule has 0 amide bonds. The Labute approximate surface area is 116 Å². The van der Waals surface area contributed by atoms with Crippen LogP contribution in [0.1, 0.15) is 5.82 Å². The number of nitro benzene ring substituents is 1. The van der Waals surface area contributed by atoms with Crippen molar-refractivity contribution in [1.29, 1.82) is 0 Å². The molecule has 1 heterocycles. The summed E-state index contributed by atoms with van der Waals surface area (Å²) in [7, 11) is 0. The first kappa shape index (κ1) is 13.0. The van der Waals surface area contributed by atoms with E-state index in [1.807, 2.05) is 0 Å². The molecule has 0 unspecified atom stereocenters. The highest BCUT2D eigenvalue weighted by Gasteiger charge is 2.14. The zero-order valence-corrected chi connectivity index (χ0v) is 11.7. The third-order valence-corrected chi connectivity index (χ3v) is 3.45. The van der Waals surface area contributed by atoms with Gasteiger partial charge in [-0.25, -0.2) is 9.97 Å². The first-order valence-electron chi connectivity index (χ1n) is 4.99. The fourth-order valence-electron chi connectivity index (χ4n) is 1.36. The minimum atomic E-state index is -0.397. The highest BCUT2D eigenvalue weighted by atomic mass is 79.9. The van der Waals surface area contributed by atoms with Crippen molar-refractivity contribution in [3.8, 4) is 0 Å².